The molecular weight excluding hydrogens is 450 g/mol. The van der Waals surface area contributed by atoms with Gasteiger partial charge in [-0.2, -0.15) is 4.68 Å². The molecule has 0 spiro atoms. The lowest BCUT2D eigenvalue weighted by atomic mass is 9.95. The Balaban J connectivity index is 1.12. The van der Waals surface area contributed by atoms with Crippen LogP contribution in [0.5, 0.6) is 0 Å². The third kappa shape index (κ3) is 3.76. The highest BCUT2D eigenvalue weighted by Gasteiger charge is 2.43. The highest BCUT2D eigenvalue weighted by atomic mass is 16.5. The van der Waals surface area contributed by atoms with Crippen LogP contribution in [0.1, 0.15) is 49.9 Å². The molecule has 3 aromatic rings. The predicted octanol–water partition coefficient (Wildman–Crippen LogP) is 0.916. The van der Waals surface area contributed by atoms with Crippen molar-refractivity contribution in [2.75, 3.05) is 26.2 Å². The quantitative estimate of drug-likeness (QED) is 0.536. The summed E-state index contributed by atoms with van der Waals surface area (Å²) in [6, 6.07) is 7.25. The van der Waals surface area contributed by atoms with Crippen LogP contribution in [-0.4, -0.2) is 84.2 Å². The molecule has 11 nitrogen and oxygen atoms in total. The van der Waals surface area contributed by atoms with E-state index in [4.69, 9.17) is 4.74 Å². The van der Waals surface area contributed by atoms with Gasteiger partial charge in [-0.25, -0.2) is 9.78 Å². The minimum absolute atomic E-state index is 0.0465. The Kier molecular flexibility index (Phi) is 5.30. The first-order chi connectivity index (χ1) is 17.0. The van der Waals surface area contributed by atoms with Gasteiger partial charge in [0, 0.05) is 37.4 Å². The summed E-state index contributed by atoms with van der Waals surface area (Å²) in [5, 5.41) is 22.1. The monoisotopic (exact) mass is 475 g/mol. The molecule has 0 bridgehead atoms. The molecule has 2 saturated heterocycles. The van der Waals surface area contributed by atoms with Gasteiger partial charge in [0.1, 0.15) is 12.9 Å². The van der Waals surface area contributed by atoms with Gasteiger partial charge in [-0.15, -0.1) is 5.10 Å². The number of aliphatic hydroxyl groups excluding tert-OH is 1. The minimum Gasteiger partial charge on any atom is -0.457 e. The lowest BCUT2D eigenvalue weighted by Crippen LogP contribution is -2.39. The molecule has 2 fully saturated rings. The summed E-state index contributed by atoms with van der Waals surface area (Å²) in [5.74, 6) is 0.576. The average Bonchev–Trinajstić information content (AvgIpc) is 3.66. The number of hydrogen-bond acceptors (Lipinski definition) is 9. The third-order valence-corrected chi connectivity index (χ3v) is 7.50. The molecule has 35 heavy (non-hydrogen) atoms. The number of carbonyl (C=O) groups is 2. The van der Waals surface area contributed by atoms with Crippen LogP contribution in [0.2, 0.25) is 0 Å². The number of cyclic esters (lactones) is 1. The Bertz CT molecular complexity index is 1280. The van der Waals surface area contributed by atoms with Crippen molar-refractivity contribution in [1.29, 1.82) is 0 Å². The van der Waals surface area contributed by atoms with Gasteiger partial charge in [0.2, 0.25) is 0 Å². The smallest absolute Gasteiger partial charge is 0.338 e. The van der Waals surface area contributed by atoms with Crippen molar-refractivity contribution in [3.63, 3.8) is 0 Å². The molecule has 3 aliphatic rings. The Morgan fingerprint density at radius 2 is 2.14 bits per heavy atom. The molecule has 1 aromatic carbocycles. The standard InChI is InChI=1S/C24H25N7O4/c1-14-17(3-4-18-19(14)12-35-24(18)34)21(32)11-29-7-6-16-9-30(10-20(16)29)23(33)15-2-5-22(25-8-15)31-13-26-27-28-31/h2-5,8,13,16,20-21,32H,6-7,9-12H2,1H3. The number of tetrazole rings is 1. The zero-order valence-corrected chi connectivity index (χ0v) is 19.2. The van der Waals surface area contributed by atoms with Gasteiger partial charge < -0.3 is 14.7 Å². The fraction of sp³-hybridized carbons (Fsp3) is 0.417. The summed E-state index contributed by atoms with van der Waals surface area (Å²) in [6.45, 7) is 4.89. The van der Waals surface area contributed by atoms with Gasteiger partial charge in [-0.1, -0.05) is 6.07 Å². The van der Waals surface area contributed by atoms with E-state index in [9.17, 15) is 14.7 Å². The number of carbonyl (C=O) groups excluding carboxylic acids is 2. The zero-order chi connectivity index (χ0) is 24.1. The van der Waals surface area contributed by atoms with Crippen LogP contribution in [0.3, 0.4) is 0 Å². The molecule has 0 aliphatic carbocycles. The van der Waals surface area contributed by atoms with Gasteiger partial charge >= 0.3 is 5.97 Å². The van der Waals surface area contributed by atoms with Crippen molar-refractivity contribution < 1.29 is 19.4 Å². The number of aromatic nitrogens is 5. The van der Waals surface area contributed by atoms with Gasteiger partial charge in [0.15, 0.2) is 5.82 Å². The van der Waals surface area contributed by atoms with Crippen LogP contribution in [0.15, 0.2) is 36.8 Å². The number of hydrogen-bond donors (Lipinski definition) is 1. The second-order valence-electron chi connectivity index (χ2n) is 9.38. The second-order valence-corrected chi connectivity index (χ2v) is 9.38. The molecule has 3 aliphatic heterocycles. The Labute approximate surface area is 201 Å². The molecule has 11 heteroatoms. The van der Waals surface area contributed by atoms with E-state index >= 15 is 0 Å². The number of rotatable bonds is 5. The Morgan fingerprint density at radius 1 is 1.26 bits per heavy atom. The van der Waals surface area contributed by atoms with Crippen LogP contribution in [-0.2, 0) is 11.3 Å². The SMILES string of the molecule is Cc1c(C(O)CN2CCC3CN(C(=O)c4ccc(-n5cnnn5)nc4)CC32)ccc2c1COC2=O. The van der Waals surface area contributed by atoms with Crippen LogP contribution in [0.25, 0.3) is 5.82 Å². The van der Waals surface area contributed by atoms with E-state index in [2.05, 4.69) is 25.4 Å². The maximum Gasteiger partial charge on any atom is 0.338 e. The van der Waals surface area contributed by atoms with Crippen molar-refractivity contribution in [1.82, 2.24) is 35.0 Å². The van der Waals surface area contributed by atoms with Crippen molar-refractivity contribution in [2.45, 2.75) is 32.1 Å². The number of β-amino-alcohol motifs (C(OH)–C–C–N with tert-alkyl or cyclic N) is 1. The summed E-state index contributed by atoms with van der Waals surface area (Å²) in [4.78, 5) is 33.4. The van der Waals surface area contributed by atoms with Gasteiger partial charge in [-0.3, -0.25) is 9.69 Å². The lowest BCUT2D eigenvalue weighted by Gasteiger charge is -2.28. The number of pyridine rings is 1. The van der Waals surface area contributed by atoms with E-state index in [0.717, 1.165) is 29.7 Å². The van der Waals surface area contributed by atoms with Crippen molar-refractivity contribution >= 4 is 11.9 Å². The molecule has 180 valence electrons. The van der Waals surface area contributed by atoms with Crippen LogP contribution in [0, 0.1) is 12.8 Å². The van der Waals surface area contributed by atoms with Crippen LogP contribution >= 0.6 is 0 Å². The molecule has 0 saturated carbocycles. The highest BCUT2D eigenvalue weighted by Crippen LogP contribution is 2.35. The van der Waals surface area contributed by atoms with Crippen LogP contribution < -0.4 is 0 Å². The molecule has 5 heterocycles. The Hall–Kier alpha value is -3.70. The summed E-state index contributed by atoms with van der Waals surface area (Å²) < 4.78 is 6.58. The zero-order valence-electron chi connectivity index (χ0n) is 19.2. The maximum atomic E-state index is 13.1. The van der Waals surface area contributed by atoms with E-state index in [-0.39, 0.29) is 24.5 Å². The molecular formula is C24H25N7O4. The molecule has 6 rings (SSSR count). The highest BCUT2D eigenvalue weighted by molar-refractivity contribution is 5.94. The van der Waals surface area contributed by atoms with Gasteiger partial charge in [0.05, 0.1) is 17.2 Å². The summed E-state index contributed by atoms with van der Waals surface area (Å²) in [5.41, 5.74) is 3.72. The maximum absolute atomic E-state index is 13.1. The Morgan fingerprint density at radius 3 is 2.91 bits per heavy atom. The van der Waals surface area contributed by atoms with Crippen molar-refractivity contribution in [2.24, 2.45) is 5.92 Å². The van der Waals surface area contributed by atoms with Crippen molar-refractivity contribution in [3.8, 4) is 5.82 Å². The number of amides is 1. The van der Waals surface area contributed by atoms with Crippen LogP contribution in [0.4, 0.5) is 0 Å². The normalized spacial score (nSPS) is 22.2. The summed E-state index contributed by atoms with van der Waals surface area (Å²) in [7, 11) is 0. The number of esters is 1. The fourth-order valence-corrected chi connectivity index (χ4v) is 5.59. The molecule has 2 aromatic heterocycles. The summed E-state index contributed by atoms with van der Waals surface area (Å²) >= 11 is 0. The first-order valence-corrected chi connectivity index (χ1v) is 11.7. The van der Waals surface area contributed by atoms with Crippen molar-refractivity contribution in [3.05, 3.63) is 64.6 Å². The van der Waals surface area contributed by atoms with Gasteiger partial charge in [0.25, 0.3) is 5.91 Å². The number of aliphatic hydroxyl groups is 1. The van der Waals surface area contributed by atoms with E-state index in [1.165, 1.54) is 11.0 Å². The van der Waals surface area contributed by atoms with E-state index in [1.54, 1.807) is 24.4 Å². The predicted molar refractivity (Wildman–Crippen MR) is 122 cm³/mol. The number of benzene rings is 1. The molecule has 3 unspecified atom stereocenters. The average molecular weight is 476 g/mol. The topological polar surface area (TPSA) is 127 Å². The van der Waals surface area contributed by atoms with E-state index < -0.39 is 6.10 Å². The molecule has 1 amide bonds. The summed E-state index contributed by atoms with van der Waals surface area (Å²) in [6.07, 6.45) is 3.32. The lowest BCUT2D eigenvalue weighted by molar-refractivity contribution is 0.0534. The minimum atomic E-state index is -0.678. The number of fused-ring (bicyclic) bond motifs is 2. The van der Waals surface area contributed by atoms with E-state index in [0.29, 0.717) is 42.5 Å². The first-order valence-electron chi connectivity index (χ1n) is 11.7. The third-order valence-electron chi connectivity index (χ3n) is 7.50. The molecule has 1 N–H and O–H groups in total. The number of ether oxygens (including phenoxy) is 1. The molecule has 0 radical (unpaired) electrons. The van der Waals surface area contributed by atoms with Gasteiger partial charge in [-0.05, 0) is 65.6 Å². The van der Waals surface area contributed by atoms with E-state index in [1.807, 2.05) is 17.9 Å². The first kappa shape index (κ1) is 21.8. The number of nitrogens with zero attached hydrogens (tertiary/aromatic N) is 7. The molecule has 3 atom stereocenters. The fourth-order valence-electron chi connectivity index (χ4n) is 5.59. The largest absolute Gasteiger partial charge is 0.457 e. The second kappa shape index (κ2) is 8.51. The number of likely N-dealkylation sites (tertiary alicyclic amines) is 2.